The van der Waals surface area contributed by atoms with E-state index in [1.807, 2.05) is 35.9 Å². The van der Waals surface area contributed by atoms with Crippen molar-refractivity contribution in [3.63, 3.8) is 0 Å². The van der Waals surface area contributed by atoms with E-state index in [4.69, 9.17) is 4.74 Å². The molecule has 0 fully saturated rings. The Hall–Kier alpha value is -3.52. The SMILES string of the molecule is CCOc1ccc2[nH]c(=O)c(CN(Cc3ccc(C)cc3)[C@@H](CC)c3nnnn3C(C)(C)C)cc2c1. The van der Waals surface area contributed by atoms with Crippen LogP contribution < -0.4 is 10.3 Å². The lowest BCUT2D eigenvalue weighted by Gasteiger charge is -2.32. The van der Waals surface area contributed by atoms with Gasteiger partial charge in [-0.05, 0) is 81.3 Å². The average Bonchev–Trinajstić information content (AvgIpc) is 3.32. The van der Waals surface area contributed by atoms with Crippen molar-refractivity contribution in [1.82, 2.24) is 30.1 Å². The lowest BCUT2D eigenvalue weighted by Crippen LogP contribution is -2.35. The summed E-state index contributed by atoms with van der Waals surface area (Å²) in [4.78, 5) is 18.5. The molecule has 0 radical (unpaired) electrons. The van der Waals surface area contributed by atoms with E-state index in [0.29, 0.717) is 25.3 Å². The number of benzene rings is 2. The average molecular weight is 489 g/mol. The predicted octanol–water partition coefficient (Wildman–Crippen LogP) is 5.13. The van der Waals surface area contributed by atoms with Gasteiger partial charge in [0, 0.05) is 29.6 Å². The number of aromatic amines is 1. The third-order valence-electron chi connectivity index (χ3n) is 6.34. The topological polar surface area (TPSA) is 88.9 Å². The van der Waals surface area contributed by atoms with Crippen LogP contribution in [0.4, 0.5) is 0 Å². The maximum Gasteiger partial charge on any atom is 0.252 e. The summed E-state index contributed by atoms with van der Waals surface area (Å²) in [6.07, 6.45) is 0.794. The van der Waals surface area contributed by atoms with E-state index in [-0.39, 0.29) is 17.1 Å². The molecule has 2 aromatic heterocycles. The number of nitrogens with zero attached hydrogens (tertiary/aromatic N) is 5. The van der Waals surface area contributed by atoms with Crippen molar-refractivity contribution in [1.29, 1.82) is 0 Å². The van der Waals surface area contributed by atoms with E-state index in [9.17, 15) is 4.79 Å². The molecule has 1 atom stereocenters. The van der Waals surface area contributed by atoms with Crippen LogP contribution in [-0.4, -0.2) is 36.7 Å². The number of fused-ring (bicyclic) bond motifs is 1. The van der Waals surface area contributed by atoms with E-state index in [0.717, 1.165) is 28.9 Å². The predicted molar refractivity (Wildman–Crippen MR) is 142 cm³/mol. The molecule has 8 nitrogen and oxygen atoms in total. The van der Waals surface area contributed by atoms with E-state index in [1.165, 1.54) is 11.1 Å². The zero-order valence-electron chi connectivity index (χ0n) is 22.1. The van der Waals surface area contributed by atoms with Gasteiger partial charge in [0.05, 0.1) is 18.2 Å². The Morgan fingerprint density at radius 2 is 1.81 bits per heavy atom. The molecule has 2 aromatic carbocycles. The van der Waals surface area contributed by atoms with Crippen LogP contribution in [0.1, 0.15) is 69.6 Å². The van der Waals surface area contributed by atoms with Crippen molar-refractivity contribution in [2.24, 2.45) is 0 Å². The molecular weight excluding hydrogens is 452 g/mol. The molecule has 36 heavy (non-hydrogen) atoms. The molecule has 0 saturated carbocycles. The van der Waals surface area contributed by atoms with Crippen LogP contribution >= 0.6 is 0 Å². The first-order valence-electron chi connectivity index (χ1n) is 12.6. The van der Waals surface area contributed by atoms with Gasteiger partial charge in [0.2, 0.25) is 0 Å². The molecule has 0 spiro atoms. The summed E-state index contributed by atoms with van der Waals surface area (Å²) in [6, 6.07) is 16.1. The van der Waals surface area contributed by atoms with E-state index >= 15 is 0 Å². The van der Waals surface area contributed by atoms with Crippen molar-refractivity contribution in [3.8, 4) is 5.75 Å². The Labute approximate surface area is 212 Å². The van der Waals surface area contributed by atoms with Gasteiger partial charge < -0.3 is 9.72 Å². The normalized spacial score (nSPS) is 12.9. The number of ether oxygens (including phenoxy) is 1. The summed E-state index contributed by atoms with van der Waals surface area (Å²) >= 11 is 0. The maximum atomic E-state index is 13.1. The zero-order chi connectivity index (χ0) is 25.9. The molecule has 4 aromatic rings. The minimum absolute atomic E-state index is 0.0783. The first-order valence-corrected chi connectivity index (χ1v) is 12.6. The summed E-state index contributed by atoms with van der Waals surface area (Å²) in [7, 11) is 0. The van der Waals surface area contributed by atoms with Crippen LogP contribution in [-0.2, 0) is 18.6 Å². The molecule has 0 bridgehead atoms. The van der Waals surface area contributed by atoms with Gasteiger partial charge >= 0.3 is 0 Å². The molecule has 0 aliphatic carbocycles. The molecule has 2 heterocycles. The monoisotopic (exact) mass is 488 g/mol. The summed E-state index contributed by atoms with van der Waals surface area (Å²) in [5.74, 6) is 1.59. The molecule has 0 saturated heterocycles. The summed E-state index contributed by atoms with van der Waals surface area (Å²) < 4.78 is 7.57. The van der Waals surface area contributed by atoms with Crippen LogP contribution in [0.2, 0.25) is 0 Å². The van der Waals surface area contributed by atoms with E-state index < -0.39 is 0 Å². The minimum atomic E-state index is -0.266. The highest BCUT2D eigenvalue weighted by atomic mass is 16.5. The lowest BCUT2D eigenvalue weighted by molar-refractivity contribution is 0.153. The maximum absolute atomic E-state index is 13.1. The molecule has 0 unspecified atom stereocenters. The molecule has 0 aliphatic heterocycles. The minimum Gasteiger partial charge on any atom is -0.494 e. The van der Waals surface area contributed by atoms with Crippen LogP contribution in [0, 0.1) is 6.92 Å². The number of aryl methyl sites for hydroxylation is 1. The number of hydrogen-bond acceptors (Lipinski definition) is 6. The van der Waals surface area contributed by atoms with Gasteiger partial charge in [-0.2, -0.15) is 0 Å². The second-order valence-corrected chi connectivity index (χ2v) is 10.2. The number of hydrogen-bond donors (Lipinski definition) is 1. The number of aromatic nitrogens is 5. The fourth-order valence-corrected chi connectivity index (χ4v) is 4.51. The number of tetrazole rings is 1. The Morgan fingerprint density at radius 1 is 1.06 bits per heavy atom. The number of pyridine rings is 1. The van der Waals surface area contributed by atoms with E-state index in [2.05, 4.69) is 84.3 Å². The highest BCUT2D eigenvalue weighted by Crippen LogP contribution is 2.29. The van der Waals surface area contributed by atoms with Crippen molar-refractivity contribution in [2.75, 3.05) is 6.61 Å². The largest absolute Gasteiger partial charge is 0.494 e. The van der Waals surface area contributed by atoms with Crippen LogP contribution in [0.5, 0.6) is 5.75 Å². The first kappa shape index (κ1) is 25.6. The van der Waals surface area contributed by atoms with Crippen molar-refractivity contribution in [2.45, 2.75) is 72.6 Å². The third kappa shape index (κ3) is 5.65. The molecule has 0 aliphatic rings. The second kappa shape index (κ2) is 10.6. The Morgan fingerprint density at radius 3 is 2.47 bits per heavy atom. The summed E-state index contributed by atoms with van der Waals surface area (Å²) in [6.45, 7) is 14.1. The highest BCUT2D eigenvalue weighted by Gasteiger charge is 2.29. The fourth-order valence-electron chi connectivity index (χ4n) is 4.51. The fraction of sp³-hybridized carbons (Fsp3) is 0.429. The Bertz CT molecular complexity index is 1370. The standard InChI is InChI=1S/C28H36N6O2/c1-7-25(26-30-31-32-34(26)28(4,5)6)33(17-20-11-9-19(3)10-12-20)18-22-15-21-16-23(36-8-2)13-14-24(21)29-27(22)35/h9-16,25H,7-8,17-18H2,1-6H3,(H,29,35)/t25-/m0/s1. The van der Waals surface area contributed by atoms with Gasteiger partial charge in [0.15, 0.2) is 5.82 Å². The Kier molecular flexibility index (Phi) is 7.54. The molecule has 4 rings (SSSR count). The van der Waals surface area contributed by atoms with E-state index in [1.54, 1.807) is 0 Å². The van der Waals surface area contributed by atoms with Crippen molar-refractivity contribution in [3.05, 3.63) is 81.4 Å². The first-order chi connectivity index (χ1) is 17.2. The number of rotatable bonds is 9. The molecule has 0 amide bonds. The lowest BCUT2D eigenvalue weighted by atomic mass is 10.0. The quantitative estimate of drug-likeness (QED) is 0.351. The summed E-state index contributed by atoms with van der Waals surface area (Å²) in [5, 5.41) is 13.7. The number of H-pyrrole nitrogens is 1. The van der Waals surface area contributed by atoms with Gasteiger partial charge in [-0.15, -0.1) is 5.10 Å². The second-order valence-electron chi connectivity index (χ2n) is 10.2. The van der Waals surface area contributed by atoms with Gasteiger partial charge in [0.1, 0.15) is 5.75 Å². The smallest absolute Gasteiger partial charge is 0.252 e. The van der Waals surface area contributed by atoms with Gasteiger partial charge in [-0.3, -0.25) is 9.69 Å². The summed E-state index contributed by atoms with van der Waals surface area (Å²) in [5.41, 5.74) is 3.51. The molecule has 1 N–H and O–H groups in total. The molecular formula is C28H36N6O2. The Balaban J connectivity index is 1.76. The third-order valence-corrected chi connectivity index (χ3v) is 6.34. The number of nitrogens with one attached hydrogen (secondary N) is 1. The van der Waals surface area contributed by atoms with Crippen LogP contribution in [0.25, 0.3) is 10.9 Å². The van der Waals surface area contributed by atoms with Crippen molar-refractivity contribution >= 4 is 10.9 Å². The van der Waals surface area contributed by atoms with Crippen molar-refractivity contribution < 1.29 is 4.74 Å². The zero-order valence-corrected chi connectivity index (χ0v) is 22.1. The van der Waals surface area contributed by atoms with Gasteiger partial charge in [-0.25, -0.2) is 4.68 Å². The van der Waals surface area contributed by atoms with Crippen LogP contribution in [0.15, 0.2) is 53.3 Å². The van der Waals surface area contributed by atoms with Crippen LogP contribution in [0.3, 0.4) is 0 Å². The van der Waals surface area contributed by atoms with Gasteiger partial charge in [0.25, 0.3) is 5.56 Å². The molecule has 8 heteroatoms. The highest BCUT2D eigenvalue weighted by molar-refractivity contribution is 5.80. The molecule has 190 valence electrons. The van der Waals surface area contributed by atoms with Gasteiger partial charge in [-0.1, -0.05) is 36.8 Å².